The number of likely N-dealkylation sites (tertiary alicyclic amines) is 1. The highest BCUT2D eigenvalue weighted by molar-refractivity contribution is 9.10. The van der Waals surface area contributed by atoms with E-state index in [1.807, 2.05) is 27.9 Å². The molecule has 1 fully saturated rings. The first-order valence-corrected chi connectivity index (χ1v) is 8.52. The Morgan fingerprint density at radius 2 is 2.14 bits per heavy atom. The van der Waals surface area contributed by atoms with Gasteiger partial charge in [0.2, 0.25) is 0 Å². The smallest absolute Gasteiger partial charge is 0.255 e. The summed E-state index contributed by atoms with van der Waals surface area (Å²) in [6, 6.07) is 7.33. The number of piperidine rings is 1. The van der Waals surface area contributed by atoms with Crippen molar-refractivity contribution in [2.75, 3.05) is 13.1 Å². The number of halogens is 2. The van der Waals surface area contributed by atoms with Crippen LogP contribution in [0.4, 0.5) is 0 Å². The summed E-state index contributed by atoms with van der Waals surface area (Å²) >= 11 is 9.55. The van der Waals surface area contributed by atoms with Crippen LogP contribution in [-0.2, 0) is 6.54 Å². The fraction of sp³-hybridized carbons (Fsp3) is 0.375. The van der Waals surface area contributed by atoms with Gasteiger partial charge in [-0.05, 0) is 43.0 Å². The van der Waals surface area contributed by atoms with Crippen LogP contribution in [0.1, 0.15) is 23.2 Å². The van der Waals surface area contributed by atoms with Crippen molar-refractivity contribution in [3.8, 4) is 0 Å². The number of benzene rings is 1. The lowest BCUT2D eigenvalue weighted by atomic mass is 9.96. The van der Waals surface area contributed by atoms with Gasteiger partial charge in [0.1, 0.15) is 0 Å². The van der Waals surface area contributed by atoms with Gasteiger partial charge in [0, 0.05) is 36.5 Å². The van der Waals surface area contributed by atoms with Gasteiger partial charge < -0.3 is 4.90 Å². The van der Waals surface area contributed by atoms with E-state index in [1.54, 1.807) is 18.3 Å². The second-order valence-corrected chi connectivity index (χ2v) is 6.91. The van der Waals surface area contributed by atoms with Crippen molar-refractivity contribution in [3.05, 3.63) is 51.7 Å². The van der Waals surface area contributed by atoms with Crippen molar-refractivity contribution in [2.45, 2.75) is 19.4 Å². The molecule has 0 saturated carbocycles. The van der Waals surface area contributed by atoms with Gasteiger partial charge in [0.05, 0.1) is 10.6 Å². The van der Waals surface area contributed by atoms with Crippen molar-refractivity contribution >= 4 is 33.4 Å². The molecule has 3 rings (SSSR count). The Hall–Kier alpha value is -1.33. The molecule has 116 valence electrons. The minimum absolute atomic E-state index is 0.0174. The van der Waals surface area contributed by atoms with Crippen molar-refractivity contribution in [1.29, 1.82) is 0 Å². The molecular formula is C16H17BrClN3O. The lowest BCUT2D eigenvalue weighted by Gasteiger charge is -2.32. The highest BCUT2D eigenvalue weighted by Crippen LogP contribution is 2.25. The number of hydrogen-bond acceptors (Lipinski definition) is 2. The van der Waals surface area contributed by atoms with Crippen molar-refractivity contribution < 1.29 is 4.79 Å². The standard InChI is InChI=1S/C16H17BrClN3O/c17-13-2-3-15(18)14(10-13)16(22)20-8-4-12(5-9-20)11-21-7-1-6-19-21/h1-3,6-7,10,12H,4-5,8-9,11H2. The topological polar surface area (TPSA) is 38.1 Å². The Balaban J connectivity index is 1.61. The molecule has 1 amide bonds. The van der Waals surface area contributed by atoms with Gasteiger partial charge in [-0.3, -0.25) is 9.48 Å². The lowest BCUT2D eigenvalue weighted by molar-refractivity contribution is 0.0681. The molecule has 1 aliphatic heterocycles. The van der Waals surface area contributed by atoms with Crippen molar-refractivity contribution in [2.24, 2.45) is 5.92 Å². The second kappa shape index (κ2) is 6.84. The SMILES string of the molecule is O=C(c1cc(Br)ccc1Cl)N1CCC(Cn2cccn2)CC1. The predicted molar refractivity (Wildman–Crippen MR) is 90.0 cm³/mol. The van der Waals surface area contributed by atoms with Gasteiger partial charge >= 0.3 is 0 Å². The van der Waals surface area contributed by atoms with E-state index in [0.717, 1.165) is 36.9 Å². The summed E-state index contributed by atoms with van der Waals surface area (Å²) in [7, 11) is 0. The molecule has 0 spiro atoms. The fourth-order valence-electron chi connectivity index (χ4n) is 2.82. The monoisotopic (exact) mass is 381 g/mol. The average molecular weight is 383 g/mol. The van der Waals surface area contributed by atoms with Crippen LogP contribution >= 0.6 is 27.5 Å². The molecule has 1 saturated heterocycles. The van der Waals surface area contributed by atoms with Gasteiger partial charge in [-0.15, -0.1) is 0 Å². The first-order chi connectivity index (χ1) is 10.6. The van der Waals surface area contributed by atoms with E-state index in [-0.39, 0.29) is 5.91 Å². The van der Waals surface area contributed by atoms with Crippen LogP contribution in [-0.4, -0.2) is 33.7 Å². The van der Waals surface area contributed by atoms with Gasteiger partial charge in [0.25, 0.3) is 5.91 Å². The largest absolute Gasteiger partial charge is 0.339 e. The van der Waals surface area contributed by atoms with Crippen molar-refractivity contribution in [1.82, 2.24) is 14.7 Å². The molecule has 6 heteroatoms. The van der Waals surface area contributed by atoms with Crippen LogP contribution in [0.25, 0.3) is 0 Å². The average Bonchev–Trinajstić information content (AvgIpc) is 3.03. The summed E-state index contributed by atoms with van der Waals surface area (Å²) in [5, 5.41) is 4.75. The Morgan fingerprint density at radius 3 is 2.82 bits per heavy atom. The number of nitrogens with zero attached hydrogens (tertiary/aromatic N) is 3. The molecule has 22 heavy (non-hydrogen) atoms. The number of rotatable bonds is 3. The van der Waals surface area contributed by atoms with E-state index in [1.165, 1.54) is 0 Å². The summed E-state index contributed by atoms with van der Waals surface area (Å²) in [6.45, 7) is 2.47. The lowest BCUT2D eigenvalue weighted by Crippen LogP contribution is -2.39. The Morgan fingerprint density at radius 1 is 1.36 bits per heavy atom. The van der Waals surface area contributed by atoms with E-state index in [9.17, 15) is 4.79 Å². The Bertz CT molecular complexity index is 651. The maximum absolute atomic E-state index is 12.6. The zero-order valence-electron chi connectivity index (χ0n) is 12.1. The fourth-order valence-corrected chi connectivity index (χ4v) is 3.38. The molecule has 0 aliphatic carbocycles. The van der Waals surface area contributed by atoms with E-state index in [0.29, 0.717) is 16.5 Å². The number of carbonyl (C=O) groups excluding carboxylic acids is 1. The summed E-state index contributed by atoms with van der Waals surface area (Å²) in [6.07, 6.45) is 5.78. The summed E-state index contributed by atoms with van der Waals surface area (Å²) in [5.41, 5.74) is 0.571. The number of aromatic nitrogens is 2. The number of hydrogen-bond donors (Lipinski definition) is 0. The normalized spacial score (nSPS) is 16.0. The third-order valence-corrected chi connectivity index (χ3v) is 4.89. The van der Waals surface area contributed by atoms with Gasteiger partial charge in [-0.1, -0.05) is 27.5 Å². The molecule has 2 aromatic rings. The van der Waals surface area contributed by atoms with Crippen LogP contribution in [0.15, 0.2) is 41.1 Å². The van der Waals surface area contributed by atoms with E-state index >= 15 is 0 Å². The molecule has 0 radical (unpaired) electrons. The first kappa shape index (κ1) is 15.6. The highest BCUT2D eigenvalue weighted by atomic mass is 79.9. The summed E-state index contributed by atoms with van der Waals surface area (Å²) in [5.74, 6) is 0.589. The molecule has 0 bridgehead atoms. The number of carbonyl (C=O) groups is 1. The molecule has 4 nitrogen and oxygen atoms in total. The first-order valence-electron chi connectivity index (χ1n) is 7.35. The van der Waals surface area contributed by atoms with Gasteiger partial charge in [-0.2, -0.15) is 5.10 Å². The zero-order chi connectivity index (χ0) is 15.5. The highest BCUT2D eigenvalue weighted by Gasteiger charge is 2.25. The molecule has 1 aromatic heterocycles. The Kier molecular flexibility index (Phi) is 4.84. The van der Waals surface area contributed by atoms with Crippen LogP contribution in [0.2, 0.25) is 5.02 Å². The molecule has 0 N–H and O–H groups in total. The molecule has 2 heterocycles. The predicted octanol–water partition coefficient (Wildman–Crippen LogP) is 3.85. The van der Waals surface area contributed by atoms with E-state index in [2.05, 4.69) is 21.0 Å². The van der Waals surface area contributed by atoms with E-state index in [4.69, 9.17) is 11.6 Å². The van der Waals surface area contributed by atoms with Gasteiger partial charge in [0.15, 0.2) is 0 Å². The third kappa shape index (κ3) is 3.52. The minimum atomic E-state index is 0.0174. The maximum Gasteiger partial charge on any atom is 0.255 e. The second-order valence-electron chi connectivity index (χ2n) is 5.59. The minimum Gasteiger partial charge on any atom is -0.339 e. The van der Waals surface area contributed by atoms with E-state index < -0.39 is 0 Å². The van der Waals surface area contributed by atoms with Crippen LogP contribution in [0, 0.1) is 5.92 Å². The maximum atomic E-state index is 12.6. The van der Waals surface area contributed by atoms with Crippen LogP contribution < -0.4 is 0 Å². The Labute approximate surface area is 143 Å². The quantitative estimate of drug-likeness (QED) is 0.808. The van der Waals surface area contributed by atoms with Crippen LogP contribution in [0.3, 0.4) is 0 Å². The van der Waals surface area contributed by atoms with Crippen LogP contribution in [0.5, 0.6) is 0 Å². The molecule has 1 aliphatic rings. The molecular weight excluding hydrogens is 366 g/mol. The zero-order valence-corrected chi connectivity index (χ0v) is 14.4. The number of amides is 1. The molecule has 0 unspecified atom stereocenters. The molecule has 0 atom stereocenters. The third-order valence-electron chi connectivity index (χ3n) is 4.07. The van der Waals surface area contributed by atoms with Gasteiger partial charge in [-0.25, -0.2) is 0 Å². The summed E-state index contributed by atoms with van der Waals surface area (Å²) in [4.78, 5) is 14.5. The van der Waals surface area contributed by atoms with Crippen molar-refractivity contribution in [3.63, 3.8) is 0 Å². The molecule has 1 aromatic carbocycles. The summed E-state index contributed by atoms with van der Waals surface area (Å²) < 4.78 is 2.83.